The zero-order valence-corrected chi connectivity index (χ0v) is 16.8. The SMILES string of the molecule is CCCS(=O)(=O)c1ccccc1C(=O)NC1CCOc2ccc(Br)cc21. The fraction of sp³-hybridized carbons (Fsp3) is 0.316. The summed E-state index contributed by atoms with van der Waals surface area (Å²) in [5.74, 6) is 0.361. The zero-order valence-electron chi connectivity index (χ0n) is 14.4. The highest BCUT2D eigenvalue weighted by Gasteiger charge is 2.26. The fourth-order valence-corrected chi connectivity index (χ4v) is 4.97. The highest BCUT2D eigenvalue weighted by atomic mass is 79.9. The quantitative estimate of drug-likeness (QED) is 0.769. The minimum Gasteiger partial charge on any atom is -0.493 e. The zero-order chi connectivity index (χ0) is 18.7. The van der Waals surface area contributed by atoms with E-state index in [1.807, 2.05) is 18.2 Å². The predicted molar refractivity (Wildman–Crippen MR) is 103 cm³/mol. The van der Waals surface area contributed by atoms with Crippen LogP contribution < -0.4 is 10.1 Å². The Morgan fingerprint density at radius 1 is 1.27 bits per heavy atom. The van der Waals surface area contributed by atoms with Gasteiger partial charge in [0.2, 0.25) is 0 Å². The predicted octanol–water partition coefficient (Wildman–Crippen LogP) is 3.89. The number of carbonyl (C=O) groups excluding carboxylic acids is 1. The van der Waals surface area contributed by atoms with Gasteiger partial charge < -0.3 is 10.1 Å². The van der Waals surface area contributed by atoms with E-state index in [0.717, 1.165) is 15.8 Å². The lowest BCUT2D eigenvalue weighted by atomic mass is 10.00. The molecule has 1 unspecified atom stereocenters. The molecule has 1 aliphatic rings. The van der Waals surface area contributed by atoms with E-state index in [4.69, 9.17) is 4.74 Å². The number of carbonyl (C=O) groups is 1. The second-order valence-electron chi connectivity index (χ2n) is 6.16. The van der Waals surface area contributed by atoms with Gasteiger partial charge in [-0.25, -0.2) is 8.42 Å². The molecule has 2 aromatic carbocycles. The molecule has 0 radical (unpaired) electrons. The van der Waals surface area contributed by atoms with Crippen molar-refractivity contribution in [2.24, 2.45) is 0 Å². The average molecular weight is 438 g/mol. The van der Waals surface area contributed by atoms with E-state index in [1.165, 1.54) is 6.07 Å². The Morgan fingerprint density at radius 3 is 2.81 bits per heavy atom. The maximum absolute atomic E-state index is 12.9. The molecule has 1 atom stereocenters. The molecule has 0 bridgehead atoms. The molecule has 26 heavy (non-hydrogen) atoms. The number of amides is 1. The van der Waals surface area contributed by atoms with Gasteiger partial charge in [0, 0.05) is 16.5 Å². The first-order valence-corrected chi connectivity index (χ1v) is 10.9. The molecule has 1 heterocycles. The molecule has 0 fully saturated rings. The number of hydrogen-bond donors (Lipinski definition) is 1. The third kappa shape index (κ3) is 3.94. The summed E-state index contributed by atoms with van der Waals surface area (Å²) in [5, 5.41) is 2.97. The third-order valence-corrected chi connectivity index (χ3v) is 6.72. The lowest BCUT2D eigenvalue weighted by molar-refractivity contribution is 0.0921. The van der Waals surface area contributed by atoms with Crippen molar-refractivity contribution in [3.8, 4) is 5.75 Å². The second-order valence-corrected chi connectivity index (χ2v) is 9.15. The van der Waals surface area contributed by atoms with E-state index < -0.39 is 15.7 Å². The van der Waals surface area contributed by atoms with Crippen LogP contribution in [0.2, 0.25) is 0 Å². The van der Waals surface area contributed by atoms with Crippen molar-refractivity contribution in [2.75, 3.05) is 12.4 Å². The minimum absolute atomic E-state index is 0.0182. The maximum Gasteiger partial charge on any atom is 0.253 e. The molecular weight excluding hydrogens is 418 g/mol. The van der Waals surface area contributed by atoms with Gasteiger partial charge in [0.05, 0.1) is 28.9 Å². The summed E-state index contributed by atoms with van der Waals surface area (Å²) in [5.41, 5.74) is 1.07. The Balaban J connectivity index is 1.90. The van der Waals surface area contributed by atoms with Crippen LogP contribution in [-0.2, 0) is 9.84 Å². The van der Waals surface area contributed by atoms with Crippen LogP contribution in [0.15, 0.2) is 51.8 Å². The van der Waals surface area contributed by atoms with Crippen LogP contribution in [0.1, 0.15) is 41.7 Å². The monoisotopic (exact) mass is 437 g/mol. The smallest absolute Gasteiger partial charge is 0.253 e. The topological polar surface area (TPSA) is 72.5 Å². The van der Waals surface area contributed by atoms with Crippen molar-refractivity contribution in [3.63, 3.8) is 0 Å². The standard InChI is InChI=1S/C19H20BrNO4S/c1-2-11-26(23,24)18-6-4-3-5-14(18)19(22)21-16-9-10-25-17-8-7-13(20)12-15(16)17/h3-8,12,16H,2,9-11H2,1H3,(H,21,22). The van der Waals surface area contributed by atoms with Crippen LogP contribution in [-0.4, -0.2) is 26.7 Å². The van der Waals surface area contributed by atoms with Crippen molar-refractivity contribution in [2.45, 2.75) is 30.7 Å². The van der Waals surface area contributed by atoms with Crippen molar-refractivity contribution in [1.82, 2.24) is 5.32 Å². The molecule has 138 valence electrons. The van der Waals surface area contributed by atoms with Crippen LogP contribution in [0.3, 0.4) is 0 Å². The molecular formula is C19H20BrNO4S. The first kappa shape index (κ1) is 18.9. The van der Waals surface area contributed by atoms with Crippen LogP contribution in [0.5, 0.6) is 5.75 Å². The third-order valence-electron chi connectivity index (χ3n) is 4.26. The first-order valence-electron chi connectivity index (χ1n) is 8.47. The van der Waals surface area contributed by atoms with E-state index in [2.05, 4.69) is 21.2 Å². The number of rotatable bonds is 5. The van der Waals surface area contributed by atoms with Gasteiger partial charge in [-0.15, -0.1) is 0 Å². The van der Waals surface area contributed by atoms with Gasteiger partial charge >= 0.3 is 0 Å². The Labute approximate surface area is 161 Å². The lowest BCUT2D eigenvalue weighted by Crippen LogP contribution is -2.33. The van der Waals surface area contributed by atoms with Crippen LogP contribution in [0.25, 0.3) is 0 Å². The summed E-state index contributed by atoms with van der Waals surface area (Å²) in [6, 6.07) is 11.8. The molecule has 0 aliphatic carbocycles. The van der Waals surface area contributed by atoms with E-state index >= 15 is 0 Å². The minimum atomic E-state index is -3.49. The fourth-order valence-electron chi connectivity index (χ4n) is 3.06. The molecule has 0 spiro atoms. The van der Waals surface area contributed by atoms with Crippen LogP contribution in [0.4, 0.5) is 0 Å². The Hall–Kier alpha value is -1.86. The lowest BCUT2D eigenvalue weighted by Gasteiger charge is -2.27. The van der Waals surface area contributed by atoms with Gasteiger partial charge in [-0.05, 0) is 36.8 Å². The van der Waals surface area contributed by atoms with Crippen molar-refractivity contribution >= 4 is 31.7 Å². The van der Waals surface area contributed by atoms with Gasteiger partial charge in [-0.1, -0.05) is 35.0 Å². The molecule has 1 aliphatic heterocycles. The largest absolute Gasteiger partial charge is 0.493 e. The van der Waals surface area contributed by atoms with Gasteiger partial charge in [-0.3, -0.25) is 4.79 Å². The van der Waals surface area contributed by atoms with E-state index in [-0.39, 0.29) is 22.3 Å². The van der Waals surface area contributed by atoms with Gasteiger partial charge in [0.1, 0.15) is 5.75 Å². The second kappa shape index (κ2) is 7.80. The summed E-state index contributed by atoms with van der Waals surface area (Å²) in [6.45, 7) is 2.30. The Kier molecular flexibility index (Phi) is 5.67. The Bertz CT molecular complexity index is 927. The first-order chi connectivity index (χ1) is 12.4. The molecule has 3 rings (SSSR count). The molecule has 2 aromatic rings. The van der Waals surface area contributed by atoms with E-state index in [0.29, 0.717) is 19.4 Å². The Morgan fingerprint density at radius 2 is 2.04 bits per heavy atom. The summed E-state index contributed by atoms with van der Waals surface area (Å²) < 4.78 is 31.5. The van der Waals surface area contributed by atoms with Gasteiger partial charge in [-0.2, -0.15) is 0 Å². The van der Waals surface area contributed by atoms with Crippen molar-refractivity contribution in [1.29, 1.82) is 0 Å². The summed E-state index contributed by atoms with van der Waals surface area (Å²) in [6.07, 6.45) is 1.12. The van der Waals surface area contributed by atoms with Crippen LogP contribution >= 0.6 is 15.9 Å². The molecule has 7 heteroatoms. The average Bonchev–Trinajstić information content (AvgIpc) is 2.62. The maximum atomic E-state index is 12.9. The highest BCUT2D eigenvalue weighted by Crippen LogP contribution is 2.34. The van der Waals surface area contributed by atoms with E-state index in [9.17, 15) is 13.2 Å². The summed E-state index contributed by atoms with van der Waals surface area (Å²) in [4.78, 5) is 12.9. The number of sulfone groups is 1. The summed E-state index contributed by atoms with van der Waals surface area (Å²) >= 11 is 3.44. The summed E-state index contributed by atoms with van der Waals surface area (Å²) in [7, 11) is -3.49. The molecule has 0 saturated carbocycles. The number of halogens is 1. The number of nitrogens with one attached hydrogen (secondary N) is 1. The number of hydrogen-bond acceptors (Lipinski definition) is 4. The van der Waals surface area contributed by atoms with Gasteiger partial charge in [0.25, 0.3) is 5.91 Å². The molecule has 0 aromatic heterocycles. The van der Waals surface area contributed by atoms with Crippen molar-refractivity contribution < 1.29 is 17.9 Å². The normalized spacial score (nSPS) is 16.5. The van der Waals surface area contributed by atoms with Gasteiger partial charge in [0.15, 0.2) is 9.84 Å². The molecule has 0 saturated heterocycles. The van der Waals surface area contributed by atoms with E-state index in [1.54, 1.807) is 25.1 Å². The molecule has 1 N–H and O–H groups in total. The number of fused-ring (bicyclic) bond motifs is 1. The number of benzene rings is 2. The molecule has 5 nitrogen and oxygen atoms in total. The van der Waals surface area contributed by atoms with Crippen LogP contribution in [0, 0.1) is 0 Å². The van der Waals surface area contributed by atoms with Crippen molar-refractivity contribution in [3.05, 3.63) is 58.1 Å². The molecule has 1 amide bonds. The highest BCUT2D eigenvalue weighted by molar-refractivity contribution is 9.10. The number of ether oxygens (including phenoxy) is 1.